The summed E-state index contributed by atoms with van der Waals surface area (Å²) in [7, 11) is 0. The number of nitrogens with zero attached hydrogens (tertiary/aromatic N) is 1. The molecular formula is C18H36N2. The van der Waals surface area contributed by atoms with Crippen molar-refractivity contribution in [3.63, 3.8) is 0 Å². The van der Waals surface area contributed by atoms with Gasteiger partial charge in [-0.15, -0.1) is 0 Å². The van der Waals surface area contributed by atoms with Gasteiger partial charge in [-0.3, -0.25) is 4.90 Å². The highest BCUT2D eigenvalue weighted by atomic mass is 15.3. The molecule has 1 N–H and O–H groups in total. The van der Waals surface area contributed by atoms with Gasteiger partial charge < -0.3 is 5.32 Å². The molecule has 1 saturated heterocycles. The quantitative estimate of drug-likeness (QED) is 0.734. The van der Waals surface area contributed by atoms with E-state index in [9.17, 15) is 0 Å². The van der Waals surface area contributed by atoms with Gasteiger partial charge in [0.2, 0.25) is 0 Å². The highest BCUT2D eigenvalue weighted by Gasteiger charge is 2.42. The predicted molar refractivity (Wildman–Crippen MR) is 88.2 cm³/mol. The van der Waals surface area contributed by atoms with Gasteiger partial charge in [0.1, 0.15) is 0 Å². The molecule has 1 heterocycles. The maximum Gasteiger partial charge on any atom is 0.0334 e. The van der Waals surface area contributed by atoms with Gasteiger partial charge in [0, 0.05) is 24.7 Å². The number of nitrogens with one attached hydrogen (secondary N) is 1. The average molecular weight is 280 g/mol. The second-order valence-corrected chi connectivity index (χ2v) is 7.31. The Morgan fingerprint density at radius 2 is 1.90 bits per heavy atom. The molecule has 1 aliphatic heterocycles. The molecule has 2 heteroatoms. The van der Waals surface area contributed by atoms with Crippen LogP contribution < -0.4 is 5.32 Å². The van der Waals surface area contributed by atoms with E-state index in [1.807, 2.05) is 0 Å². The zero-order chi connectivity index (χ0) is 14.4. The van der Waals surface area contributed by atoms with E-state index in [1.165, 1.54) is 77.4 Å². The fraction of sp³-hybridized carbons (Fsp3) is 1.00. The first-order valence-corrected chi connectivity index (χ1v) is 9.20. The third-order valence-corrected chi connectivity index (χ3v) is 5.93. The van der Waals surface area contributed by atoms with E-state index in [0.29, 0.717) is 11.6 Å². The Balaban J connectivity index is 1.99. The van der Waals surface area contributed by atoms with Gasteiger partial charge in [0.15, 0.2) is 0 Å². The fourth-order valence-electron chi connectivity index (χ4n) is 4.18. The summed E-state index contributed by atoms with van der Waals surface area (Å²) < 4.78 is 0. The molecule has 0 radical (unpaired) electrons. The largest absolute Gasteiger partial charge is 0.311 e. The van der Waals surface area contributed by atoms with Gasteiger partial charge in [-0.2, -0.15) is 0 Å². The van der Waals surface area contributed by atoms with Crippen LogP contribution in [0.5, 0.6) is 0 Å². The third kappa shape index (κ3) is 3.76. The van der Waals surface area contributed by atoms with Crippen molar-refractivity contribution in [1.29, 1.82) is 0 Å². The van der Waals surface area contributed by atoms with E-state index >= 15 is 0 Å². The number of unbranched alkanes of at least 4 members (excludes halogenated alkanes) is 2. The van der Waals surface area contributed by atoms with Crippen molar-refractivity contribution in [3.8, 4) is 0 Å². The minimum Gasteiger partial charge on any atom is -0.311 e. The first-order valence-electron chi connectivity index (χ1n) is 9.20. The maximum atomic E-state index is 3.91. The van der Waals surface area contributed by atoms with Crippen molar-refractivity contribution in [2.75, 3.05) is 19.6 Å². The van der Waals surface area contributed by atoms with Crippen LogP contribution in [0.15, 0.2) is 0 Å². The lowest BCUT2D eigenvalue weighted by Crippen LogP contribution is -2.66. The van der Waals surface area contributed by atoms with Crippen molar-refractivity contribution in [1.82, 2.24) is 10.2 Å². The van der Waals surface area contributed by atoms with Crippen LogP contribution in [0.3, 0.4) is 0 Å². The summed E-state index contributed by atoms with van der Waals surface area (Å²) in [4.78, 5) is 2.90. The molecule has 1 saturated carbocycles. The first kappa shape index (κ1) is 16.3. The summed E-state index contributed by atoms with van der Waals surface area (Å²) in [6, 6.07) is 0.717. The Morgan fingerprint density at radius 3 is 2.55 bits per heavy atom. The molecule has 2 unspecified atom stereocenters. The summed E-state index contributed by atoms with van der Waals surface area (Å²) in [6.07, 6.45) is 12.6. The average Bonchev–Trinajstić information content (AvgIpc) is 2.49. The molecule has 2 fully saturated rings. The molecule has 0 aromatic heterocycles. The number of hydrogen-bond donors (Lipinski definition) is 1. The van der Waals surface area contributed by atoms with Crippen LogP contribution in [0.25, 0.3) is 0 Å². The maximum absolute atomic E-state index is 3.91. The molecule has 2 aliphatic rings. The van der Waals surface area contributed by atoms with Crippen molar-refractivity contribution < 1.29 is 0 Å². The summed E-state index contributed by atoms with van der Waals surface area (Å²) in [5.41, 5.74) is 0.510. The van der Waals surface area contributed by atoms with Crippen LogP contribution in [-0.2, 0) is 0 Å². The monoisotopic (exact) mass is 280 g/mol. The second-order valence-electron chi connectivity index (χ2n) is 7.31. The van der Waals surface area contributed by atoms with Gasteiger partial charge in [-0.05, 0) is 31.7 Å². The smallest absolute Gasteiger partial charge is 0.0334 e. The molecule has 1 spiro atoms. The molecule has 2 nitrogen and oxygen atoms in total. The van der Waals surface area contributed by atoms with Crippen molar-refractivity contribution in [3.05, 3.63) is 0 Å². The minimum atomic E-state index is 0.510. The van der Waals surface area contributed by atoms with Gasteiger partial charge in [0.05, 0.1) is 0 Å². The number of piperazine rings is 1. The molecule has 0 aromatic rings. The van der Waals surface area contributed by atoms with Gasteiger partial charge in [-0.25, -0.2) is 0 Å². The molecule has 0 aromatic carbocycles. The Hall–Kier alpha value is -0.0800. The van der Waals surface area contributed by atoms with Crippen molar-refractivity contribution in [2.24, 2.45) is 5.92 Å². The molecule has 20 heavy (non-hydrogen) atoms. The molecule has 0 amide bonds. The van der Waals surface area contributed by atoms with Crippen LogP contribution in [0.4, 0.5) is 0 Å². The van der Waals surface area contributed by atoms with E-state index in [-0.39, 0.29) is 0 Å². The molecule has 1 aliphatic carbocycles. The zero-order valence-corrected chi connectivity index (χ0v) is 14.1. The fourth-order valence-corrected chi connectivity index (χ4v) is 4.18. The first-order chi connectivity index (χ1) is 9.72. The van der Waals surface area contributed by atoms with E-state index in [1.54, 1.807) is 0 Å². The van der Waals surface area contributed by atoms with Crippen LogP contribution in [0, 0.1) is 5.92 Å². The topological polar surface area (TPSA) is 15.3 Å². The molecular weight excluding hydrogens is 244 g/mol. The predicted octanol–water partition coefficient (Wildman–Crippen LogP) is 4.20. The molecule has 0 bridgehead atoms. The Kier molecular flexibility index (Phi) is 6.35. The van der Waals surface area contributed by atoms with Crippen molar-refractivity contribution >= 4 is 0 Å². The Bertz CT molecular complexity index is 271. The SMILES string of the molecule is CCCCCN1CC(C(C)CC)NCC12CCCCC2. The molecule has 2 rings (SSSR count). The van der Waals surface area contributed by atoms with E-state index in [4.69, 9.17) is 0 Å². The second kappa shape index (κ2) is 7.79. The summed E-state index contributed by atoms with van der Waals surface area (Å²) in [5.74, 6) is 0.810. The van der Waals surface area contributed by atoms with Gasteiger partial charge in [0.25, 0.3) is 0 Å². The van der Waals surface area contributed by atoms with Crippen LogP contribution in [-0.4, -0.2) is 36.1 Å². The Morgan fingerprint density at radius 1 is 1.15 bits per heavy atom. The highest BCUT2D eigenvalue weighted by molar-refractivity contribution is 5.01. The molecule has 2 atom stereocenters. The highest BCUT2D eigenvalue weighted by Crippen LogP contribution is 2.36. The van der Waals surface area contributed by atoms with Crippen LogP contribution in [0.2, 0.25) is 0 Å². The number of rotatable bonds is 6. The third-order valence-electron chi connectivity index (χ3n) is 5.93. The molecule has 118 valence electrons. The summed E-state index contributed by atoms with van der Waals surface area (Å²) in [5, 5.41) is 3.91. The van der Waals surface area contributed by atoms with Crippen LogP contribution in [0.1, 0.15) is 78.6 Å². The zero-order valence-electron chi connectivity index (χ0n) is 14.1. The normalized spacial score (nSPS) is 28.6. The van der Waals surface area contributed by atoms with E-state index in [0.717, 1.165) is 5.92 Å². The van der Waals surface area contributed by atoms with Gasteiger partial charge in [-0.1, -0.05) is 59.3 Å². The van der Waals surface area contributed by atoms with Crippen molar-refractivity contribution in [2.45, 2.75) is 90.1 Å². The lowest BCUT2D eigenvalue weighted by atomic mass is 9.77. The standard InChI is InChI=1S/C18H36N2/c1-4-6-10-13-20-14-17(16(3)5-2)19-15-18(20)11-8-7-9-12-18/h16-17,19H,4-15H2,1-3H3. The lowest BCUT2D eigenvalue weighted by molar-refractivity contribution is -0.000550. The van der Waals surface area contributed by atoms with E-state index < -0.39 is 0 Å². The minimum absolute atomic E-state index is 0.510. The lowest BCUT2D eigenvalue weighted by Gasteiger charge is -2.53. The summed E-state index contributed by atoms with van der Waals surface area (Å²) in [6.45, 7) is 10.9. The Labute approximate surface area is 126 Å². The number of hydrogen-bond acceptors (Lipinski definition) is 2. The van der Waals surface area contributed by atoms with E-state index in [2.05, 4.69) is 31.0 Å². The summed E-state index contributed by atoms with van der Waals surface area (Å²) >= 11 is 0. The van der Waals surface area contributed by atoms with Crippen LogP contribution >= 0.6 is 0 Å². The van der Waals surface area contributed by atoms with Gasteiger partial charge >= 0.3 is 0 Å².